The minimum absolute atomic E-state index is 0.0268. The molecule has 3 N–H and O–H groups in total. The van der Waals surface area contributed by atoms with Crippen molar-refractivity contribution >= 4 is 13.7 Å². The van der Waals surface area contributed by atoms with Gasteiger partial charge in [0.15, 0.2) is 0 Å². The number of nitrogens with one attached hydrogen (secondary N) is 2. The summed E-state index contributed by atoms with van der Waals surface area (Å²) in [5.41, 5.74) is 7.86. The van der Waals surface area contributed by atoms with Gasteiger partial charge >= 0.3 is 19.4 Å². The number of carbonyl (C=O) groups is 1. The van der Waals surface area contributed by atoms with Gasteiger partial charge in [0, 0.05) is 23.1 Å². The maximum atomic E-state index is 12.5. The average molecular weight is 474 g/mol. The summed E-state index contributed by atoms with van der Waals surface area (Å²) in [5.74, 6) is -0.688. The van der Waals surface area contributed by atoms with E-state index < -0.39 is 56.0 Å². The van der Waals surface area contributed by atoms with Gasteiger partial charge in [-0.25, -0.2) is 14.4 Å². The van der Waals surface area contributed by atoms with Gasteiger partial charge in [0.05, 0.1) is 25.9 Å². The molecule has 1 aliphatic heterocycles. The van der Waals surface area contributed by atoms with Crippen molar-refractivity contribution in [3.05, 3.63) is 43.0 Å². The predicted octanol–water partition coefficient (Wildman–Crippen LogP) is 1.11. The van der Waals surface area contributed by atoms with E-state index in [2.05, 4.69) is 24.8 Å². The molecule has 1 fully saturated rings. The first-order valence-corrected chi connectivity index (χ1v) is 11.4. The lowest BCUT2D eigenvalue weighted by molar-refractivity contribution is -0.143. The number of aromatic amines is 1. The van der Waals surface area contributed by atoms with Crippen LogP contribution in [0.5, 0.6) is 0 Å². The SMILES string of the molecule is COC(=O)[C@H](CC(C)C)NP(=O)(O)OC[C@H]1OC(n2cc(C)c(=O)[nH]c2=O)CC1N=[N+]=[N-]. The monoisotopic (exact) mass is 474 g/mol. The van der Waals surface area contributed by atoms with E-state index in [0.717, 1.165) is 11.7 Å². The lowest BCUT2D eigenvalue weighted by Crippen LogP contribution is -2.38. The van der Waals surface area contributed by atoms with Crippen LogP contribution in [-0.2, 0) is 23.4 Å². The molecule has 14 nitrogen and oxygen atoms in total. The highest BCUT2D eigenvalue weighted by atomic mass is 31.2. The van der Waals surface area contributed by atoms with Gasteiger partial charge < -0.3 is 14.4 Å². The number of aryl methyl sites for hydroxylation is 1. The van der Waals surface area contributed by atoms with Crippen LogP contribution in [0, 0.1) is 12.8 Å². The van der Waals surface area contributed by atoms with E-state index >= 15 is 0 Å². The fourth-order valence-electron chi connectivity index (χ4n) is 3.25. The molecule has 32 heavy (non-hydrogen) atoms. The molecule has 3 unspecified atom stereocenters. The standard InChI is InChI=1S/C17H27N6O8P/c1-9(2)5-12(16(25)29-4)21-32(27,28)30-8-13-11(20-22-18)6-14(31-13)23-7-10(3)15(24)19-17(23)26/h7,9,11-14H,5-6,8H2,1-4H3,(H,19,24,26)(H2,21,27,28)/t11?,12-,13+,14?/m0/s1. The second kappa shape index (κ2) is 10.9. The molecule has 0 spiro atoms. The van der Waals surface area contributed by atoms with E-state index in [9.17, 15) is 23.8 Å². The van der Waals surface area contributed by atoms with Crippen LogP contribution in [0.3, 0.4) is 0 Å². The number of carbonyl (C=O) groups excluding carboxylic acids is 1. The van der Waals surface area contributed by atoms with E-state index in [1.165, 1.54) is 13.1 Å². The van der Waals surface area contributed by atoms with E-state index in [1.54, 1.807) is 0 Å². The van der Waals surface area contributed by atoms with Crippen molar-refractivity contribution in [1.29, 1.82) is 0 Å². The van der Waals surface area contributed by atoms with Gasteiger partial charge in [-0.1, -0.05) is 19.0 Å². The lowest BCUT2D eigenvalue weighted by atomic mass is 10.1. The molecule has 0 aromatic carbocycles. The van der Waals surface area contributed by atoms with Crippen LogP contribution in [-0.4, -0.2) is 52.3 Å². The van der Waals surface area contributed by atoms with Crippen LogP contribution < -0.4 is 16.3 Å². The van der Waals surface area contributed by atoms with Crippen LogP contribution >= 0.6 is 7.75 Å². The number of hydrogen-bond acceptors (Lipinski definition) is 8. The number of hydrogen-bond donors (Lipinski definition) is 3. The van der Waals surface area contributed by atoms with Crippen molar-refractivity contribution in [1.82, 2.24) is 14.6 Å². The molecule has 1 aromatic rings. The van der Waals surface area contributed by atoms with Crippen LogP contribution in [0.15, 0.2) is 20.9 Å². The zero-order valence-corrected chi connectivity index (χ0v) is 19.0. The summed E-state index contributed by atoms with van der Waals surface area (Å²) in [6, 6.07) is -1.88. The van der Waals surface area contributed by atoms with Crippen molar-refractivity contribution in [3.8, 4) is 0 Å². The Hall–Kier alpha value is -2.47. The van der Waals surface area contributed by atoms with Gasteiger partial charge in [-0.05, 0) is 24.8 Å². The molecule has 0 radical (unpaired) electrons. The Balaban J connectivity index is 2.13. The Labute approximate surface area is 183 Å². The van der Waals surface area contributed by atoms with Gasteiger partial charge in [-0.2, -0.15) is 0 Å². The van der Waals surface area contributed by atoms with Gasteiger partial charge in [0.25, 0.3) is 5.56 Å². The predicted molar refractivity (Wildman–Crippen MR) is 112 cm³/mol. The van der Waals surface area contributed by atoms with Crippen molar-refractivity contribution in [2.24, 2.45) is 11.0 Å². The largest absolute Gasteiger partial charge is 0.468 e. The number of aromatic nitrogens is 2. The number of esters is 1. The molecule has 5 atom stereocenters. The summed E-state index contributed by atoms with van der Waals surface area (Å²) in [7, 11) is -3.30. The molecule has 1 saturated heterocycles. The summed E-state index contributed by atoms with van der Waals surface area (Å²) in [5, 5.41) is 5.89. The lowest BCUT2D eigenvalue weighted by Gasteiger charge is -2.23. The normalized spacial score (nSPS) is 23.4. The summed E-state index contributed by atoms with van der Waals surface area (Å²) in [6.07, 6.45) is -0.229. The molecule has 1 aromatic heterocycles. The molecular weight excluding hydrogens is 447 g/mol. The van der Waals surface area contributed by atoms with Crippen LogP contribution in [0.2, 0.25) is 0 Å². The minimum atomic E-state index is -4.47. The molecule has 0 bridgehead atoms. The van der Waals surface area contributed by atoms with E-state index in [0.29, 0.717) is 0 Å². The van der Waals surface area contributed by atoms with Crippen LogP contribution in [0.25, 0.3) is 10.4 Å². The van der Waals surface area contributed by atoms with Gasteiger partial charge in [-0.3, -0.25) is 23.7 Å². The van der Waals surface area contributed by atoms with Crippen molar-refractivity contribution in [3.63, 3.8) is 0 Å². The fraction of sp³-hybridized carbons (Fsp3) is 0.706. The number of H-pyrrole nitrogens is 1. The van der Waals surface area contributed by atoms with Crippen molar-refractivity contribution in [2.75, 3.05) is 13.7 Å². The second-order valence-corrected chi connectivity index (χ2v) is 9.32. The minimum Gasteiger partial charge on any atom is -0.468 e. The van der Waals surface area contributed by atoms with Gasteiger partial charge in [0.2, 0.25) is 0 Å². The molecule has 178 valence electrons. The summed E-state index contributed by atoms with van der Waals surface area (Å²) < 4.78 is 29.1. The van der Waals surface area contributed by atoms with Gasteiger partial charge in [0.1, 0.15) is 12.3 Å². The third-order valence-electron chi connectivity index (χ3n) is 4.79. The zero-order valence-electron chi connectivity index (χ0n) is 18.1. The first-order chi connectivity index (χ1) is 15.0. The first kappa shape index (κ1) is 25.8. The molecule has 0 aliphatic carbocycles. The highest BCUT2D eigenvalue weighted by molar-refractivity contribution is 7.50. The van der Waals surface area contributed by atoms with Crippen LogP contribution in [0.4, 0.5) is 0 Å². The molecule has 15 heteroatoms. The number of rotatable bonds is 10. The summed E-state index contributed by atoms with van der Waals surface area (Å²) in [6.45, 7) is 4.71. The first-order valence-electron chi connectivity index (χ1n) is 9.82. The maximum Gasteiger partial charge on any atom is 0.403 e. The van der Waals surface area contributed by atoms with Crippen molar-refractivity contribution < 1.29 is 28.3 Å². The Morgan fingerprint density at radius 2 is 2.22 bits per heavy atom. The van der Waals surface area contributed by atoms with E-state index in [-0.39, 0.29) is 24.3 Å². The number of nitrogens with zero attached hydrogens (tertiary/aromatic N) is 4. The average Bonchev–Trinajstić information content (AvgIpc) is 3.10. The summed E-state index contributed by atoms with van der Waals surface area (Å²) in [4.78, 5) is 50.7. The third kappa shape index (κ3) is 6.76. The Bertz CT molecular complexity index is 1030. The molecule has 2 rings (SSSR count). The maximum absolute atomic E-state index is 12.5. The number of methoxy groups -OCH3 is 1. The third-order valence-corrected chi connectivity index (χ3v) is 5.92. The Morgan fingerprint density at radius 3 is 2.81 bits per heavy atom. The molecule has 1 aliphatic rings. The quantitative estimate of drug-likeness (QED) is 0.146. The van der Waals surface area contributed by atoms with Gasteiger partial charge in [-0.15, -0.1) is 0 Å². The number of ether oxygens (including phenoxy) is 2. The van der Waals surface area contributed by atoms with Crippen molar-refractivity contribution in [2.45, 2.75) is 58.0 Å². The number of azide groups is 1. The second-order valence-electron chi connectivity index (χ2n) is 7.77. The van der Waals surface area contributed by atoms with E-state index in [1.807, 2.05) is 13.8 Å². The highest BCUT2D eigenvalue weighted by Gasteiger charge is 2.39. The Kier molecular flexibility index (Phi) is 8.79. The molecule has 0 saturated carbocycles. The molecule has 0 amide bonds. The topological polar surface area (TPSA) is 198 Å². The summed E-state index contributed by atoms with van der Waals surface area (Å²) >= 11 is 0. The van der Waals surface area contributed by atoms with Crippen LogP contribution in [0.1, 0.15) is 38.5 Å². The van der Waals surface area contributed by atoms with E-state index in [4.69, 9.17) is 14.8 Å². The smallest absolute Gasteiger partial charge is 0.403 e. The zero-order chi connectivity index (χ0) is 24.1. The molecular formula is C17H27N6O8P. The highest BCUT2D eigenvalue weighted by Crippen LogP contribution is 2.40. The fourth-order valence-corrected chi connectivity index (χ4v) is 4.28. The molecule has 2 heterocycles. The Morgan fingerprint density at radius 1 is 1.53 bits per heavy atom.